The molecule has 53 heavy (non-hydrogen) atoms. The third-order valence-electron chi connectivity index (χ3n) is 11.2. The number of hydrogen-bond donors (Lipinski definition) is 1. The van der Waals surface area contributed by atoms with Gasteiger partial charge in [-0.1, -0.05) is 17.7 Å². The largest absolute Gasteiger partial charge is 0.461 e. The number of halogens is 4. The molecule has 12 nitrogen and oxygen atoms in total. The molecule has 0 radical (unpaired) electrons. The molecule has 2 N–H and O–H groups in total. The van der Waals surface area contributed by atoms with E-state index in [1.807, 2.05) is 17.0 Å². The van der Waals surface area contributed by atoms with Gasteiger partial charge >= 0.3 is 12.0 Å². The van der Waals surface area contributed by atoms with E-state index in [4.69, 9.17) is 27.1 Å². The van der Waals surface area contributed by atoms with Gasteiger partial charge in [-0.05, 0) is 49.9 Å². The van der Waals surface area contributed by atoms with Crippen molar-refractivity contribution in [2.45, 2.75) is 55.9 Å². The second-order valence-corrected chi connectivity index (χ2v) is 15.6. The van der Waals surface area contributed by atoms with E-state index in [-0.39, 0.29) is 78.6 Å². The van der Waals surface area contributed by atoms with Gasteiger partial charge < -0.3 is 20.3 Å². The van der Waals surface area contributed by atoms with Crippen LogP contribution >= 0.6 is 22.9 Å². The molecular weight excluding hydrogens is 729 g/mol. The van der Waals surface area contributed by atoms with Crippen LogP contribution in [-0.4, -0.2) is 92.2 Å². The number of nitrogen functional groups attached to an aromatic ring is 1. The molecule has 4 saturated heterocycles. The van der Waals surface area contributed by atoms with Crippen LogP contribution in [0.3, 0.4) is 0 Å². The summed E-state index contributed by atoms with van der Waals surface area (Å²) in [6, 6.07) is 7.20. The molecule has 2 aromatic carbocycles. The van der Waals surface area contributed by atoms with Crippen LogP contribution in [-0.2, 0) is 0 Å². The Bertz CT molecular complexity index is 2430. The second-order valence-electron chi connectivity index (χ2n) is 14.2. The molecule has 4 fully saturated rings. The van der Waals surface area contributed by atoms with E-state index in [0.717, 1.165) is 30.7 Å². The average Bonchev–Trinajstić information content (AvgIpc) is 3.95. The standard InChI is InChI=1S/C36H30ClF3N10O2S/c37-25-8-23-30(29(40)28(25)22-4-5-26(39)31-27(22)24(11-42)32(43)53-31)45-34(52-17-36-6-1-7-48(36)14-19(38)9-36)46-33(23)47-15-20-2-3-21(16-47)50(20)35(51)49-13-18(10-41)12-44-49/h4-5,8,12-13,19-21H,1-3,6-7,9,14-17,43H2/t19-,20?,21?,36+/m1/s1. The van der Waals surface area contributed by atoms with Crippen LogP contribution in [0.1, 0.15) is 43.2 Å². The monoisotopic (exact) mass is 758 g/mol. The van der Waals surface area contributed by atoms with E-state index in [1.54, 1.807) is 11.0 Å². The number of nitrogens with zero attached hydrogens (tertiary/aromatic N) is 9. The molecule has 3 aromatic heterocycles. The van der Waals surface area contributed by atoms with Crippen molar-refractivity contribution in [1.82, 2.24) is 29.5 Å². The zero-order chi connectivity index (χ0) is 36.8. The number of ether oxygens (including phenoxy) is 1. The number of hydrogen-bond acceptors (Lipinski definition) is 11. The first kappa shape index (κ1) is 33.7. The van der Waals surface area contributed by atoms with Gasteiger partial charge in [0.2, 0.25) is 0 Å². The van der Waals surface area contributed by atoms with Gasteiger partial charge in [0.25, 0.3) is 0 Å². The highest BCUT2D eigenvalue weighted by Crippen LogP contribution is 2.47. The molecule has 9 rings (SSSR count). The van der Waals surface area contributed by atoms with Crippen molar-refractivity contribution in [3.05, 3.63) is 58.4 Å². The van der Waals surface area contributed by atoms with Crippen LogP contribution < -0.4 is 15.4 Å². The first-order valence-corrected chi connectivity index (χ1v) is 18.4. The zero-order valence-electron chi connectivity index (χ0n) is 28.0. The number of carbonyl (C=O) groups excluding carboxylic acids is 1. The van der Waals surface area contributed by atoms with Crippen molar-refractivity contribution in [3.8, 4) is 29.3 Å². The van der Waals surface area contributed by atoms with Crippen molar-refractivity contribution in [3.63, 3.8) is 0 Å². The number of amides is 1. The summed E-state index contributed by atoms with van der Waals surface area (Å²) >= 11 is 7.79. The van der Waals surface area contributed by atoms with Crippen molar-refractivity contribution >= 4 is 60.8 Å². The number of anilines is 2. The molecule has 4 aliphatic heterocycles. The predicted octanol–water partition coefficient (Wildman–Crippen LogP) is 6.24. The highest BCUT2D eigenvalue weighted by Gasteiger charge is 2.50. The molecule has 2 unspecified atom stereocenters. The lowest BCUT2D eigenvalue weighted by molar-refractivity contribution is 0.107. The van der Waals surface area contributed by atoms with Crippen molar-refractivity contribution in [2.75, 3.05) is 43.4 Å². The number of aromatic nitrogens is 4. The lowest BCUT2D eigenvalue weighted by Crippen LogP contribution is -2.57. The maximum atomic E-state index is 17.2. The lowest BCUT2D eigenvalue weighted by Gasteiger charge is -2.41. The number of fused-ring (bicyclic) bond motifs is 5. The minimum atomic E-state index is -0.978. The van der Waals surface area contributed by atoms with Crippen LogP contribution in [0.15, 0.2) is 30.6 Å². The lowest BCUT2D eigenvalue weighted by atomic mass is 9.95. The fraction of sp³-hybridized carbons (Fsp3) is 0.389. The fourth-order valence-electron chi connectivity index (χ4n) is 8.86. The van der Waals surface area contributed by atoms with Crippen LogP contribution in [0.2, 0.25) is 5.02 Å². The van der Waals surface area contributed by atoms with Crippen LogP contribution in [0.25, 0.3) is 32.1 Å². The summed E-state index contributed by atoms with van der Waals surface area (Å²) in [7, 11) is 0. The quantitative estimate of drug-likeness (QED) is 0.218. The highest BCUT2D eigenvalue weighted by molar-refractivity contribution is 7.23. The number of nitriles is 2. The van der Waals surface area contributed by atoms with E-state index in [1.165, 1.54) is 29.2 Å². The Kier molecular flexibility index (Phi) is 7.92. The smallest absolute Gasteiger partial charge is 0.345 e. The van der Waals surface area contributed by atoms with Gasteiger partial charge in [-0.2, -0.15) is 30.3 Å². The van der Waals surface area contributed by atoms with Crippen molar-refractivity contribution in [2.24, 2.45) is 0 Å². The summed E-state index contributed by atoms with van der Waals surface area (Å²) in [4.78, 5) is 28.8. The van der Waals surface area contributed by atoms with Gasteiger partial charge in [-0.3, -0.25) is 4.90 Å². The molecule has 17 heteroatoms. The molecule has 4 aliphatic rings. The maximum Gasteiger partial charge on any atom is 0.345 e. The van der Waals surface area contributed by atoms with Gasteiger partial charge in [-0.15, -0.1) is 11.3 Å². The Morgan fingerprint density at radius 3 is 2.68 bits per heavy atom. The number of alkyl halides is 1. The second kappa shape index (κ2) is 12.5. The zero-order valence-corrected chi connectivity index (χ0v) is 29.6. The first-order chi connectivity index (χ1) is 25.6. The molecule has 0 saturated carbocycles. The summed E-state index contributed by atoms with van der Waals surface area (Å²) in [5.74, 6) is -1.08. The van der Waals surface area contributed by atoms with Crippen LogP contribution in [0, 0.1) is 34.3 Å². The summed E-state index contributed by atoms with van der Waals surface area (Å²) in [5.41, 5.74) is 5.85. The Morgan fingerprint density at radius 1 is 1.15 bits per heavy atom. The number of rotatable bonds is 5. The molecular formula is C36H30ClF3N10O2S. The van der Waals surface area contributed by atoms with Crippen molar-refractivity contribution < 1.29 is 22.7 Å². The summed E-state index contributed by atoms with van der Waals surface area (Å²) in [6.45, 7) is 1.90. The topological polar surface area (TPSA) is 153 Å². The molecule has 270 valence electrons. The van der Waals surface area contributed by atoms with E-state index in [9.17, 15) is 24.1 Å². The minimum absolute atomic E-state index is 0.0146. The van der Waals surface area contributed by atoms with E-state index in [0.29, 0.717) is 50.1 Å². The highest BCUT2D eigenvalue weighted by atomic mass is 35.5. The van der Waals surface area contributed by atoms with Gasteiger partial charge in [-0.25, -0.2) is 18.0 Å². The van der Waals surface area contributed by atoms with Gasteiger partial charge in [0.05, 0.1) is 50.9 Å². The Balaban J connectivity index is 1.15. The molecule has 4 atom stereocenters. The minimum Gasteiger partial charge on any atom is -0.461 e. The Morgan fingerprint density at radius 2 is 1.94 bits per heavy atom. The number of thiophene rings is 1. The molecule has 0 spiro atoms. The normalized spacial score (nSPS) is 23.8. The van der Waals surface area contributed by atoms with Crippen molar-refractivity contribution in [1.29, 1.82) is 10.5 Å². The van der Waals surface area contributed by atoms with E-state index in [2.05, 4.69) is 15.0 Å². The number of piperazine rings is 1. The molecule has 5 aromatic rings. The third-order valence-corrected chi connectivity index (χ3v) is 12.5. The fourth-order valence-corrected chi connectivity index (χ4v) is 10.1. The molecule has 7 heterocycles. The van der Waals surface area contributed by atoms with Crippen LogP contribution in [0.5, 0.6) is 6.01 Å². The maximum absolute atomic E-state index is 17.2. The average molecular weight is 759 g/mol. The summed E-state index contributed by atoms with van der Waals surface area (Å²) in [6.07, 6.45) is 5.15. The van der Waals surface area contributed by atoms with E-state index < -0.39 is 23.3 Å². The van der Waals surface area contributed by atoms with Crippen LogP contribution in [0.4, 0.5) is 28.8 Å². The predicted molar refractivity (Wildman–Crippen MR) is 192 cm³/mol. The van der Waals surface area contributed by atoms with Gasteiger partial charge in [0.1, 0.15) is 47.1 Å². The third kappa shape index (κ3) is 5.26. The number of benzene rings is 2. The molecule has 2 bridgehead atoms. The first-order valence-electron chi connectivity index (χ1n) is 17.2. The Labute approximate surface area is 309 Å². The SMILES string of the molecule is N#Cc1cnn(C(=O)N2C3CCC2CN(c2nc(OC[C@@]45CCCN4C[C@H](F)C5)nc4c(F)c(-c5ccc(F)c6sc(N)c(C#N)c56)c(Cl)cc24)C3)c1. The van der Waals surface area contributed by atoms with E-state index >= 15 is 4.39 Å². The summed E-state index contributed by atoms with van der Waals surface area (Å²) < 4.78 is 54.3. The number of carbonyl (C=O) groups is 1. The summed E-state index contributed by atoms with van der Waals surface area (Å²) in [5, 5.41) is 23.8. The Hall–Kier alpha value is -5.16. The molecule has 0 aliphatic carbocycles. The molecule has 1 amide bonds. The van der Waals surface area contributed by atoms with Gasteiger partial charge in [0, 0.05) is 42.4 Å². The van der Waals surface area contributed by atoms with Gasteiger partial charge in [0.15, 0.2) is 5.82 Å². The number of nitrogens with two attached hydrogens (primary N) is 1.